The van der Waals surface area contributed by atoms with Crippen molar-refractivity contribution in [2.75, 3.05) is 25.5 Å². The molecule has 0 aliphatic heterocycles. The number of aliphatic hydroxyl groups is 1. The molecule has 4 heteroatoms. The number of amides is 1. The van der Waals surface area contributed by atoms with Gasteiger partial charge in [0.1, 0.15) is 0 Å². The molecule has 1 unspecified atom stereocenters. The van der Waals surface area contributed by atoms with E-state index in [-0.39, 0.29) is 12.0 Å². The summed E-state index contributed by atoms with van der Waals surface area (Å²) in [7, 11) is 3.98. The van der Waals surface area contributed by atoms with Crippen LogP contribution >= 0.6 is 0 Å². The number of carbonyl (C=O) groups excluding carboxylic acids is 1. The number of aliphatic hydroxyl groups excluding tert-OH is 1. The van der Waals surface area contributed by atoms with Crippen LogP contribution in [0.4, 0.5) is 5.69 Å². The predicted octanol–water partition coefficient (Wildman–Crippen LogP) is 2.04. The van der Waals surface area contributed by atoms with Crippen molar-refractivity contribution < 1.29 is 9.90 Å². The lowest BCUT2D eigenvalue weighted by atomic mass is 10.2. The molecule has 1 aromatic carbocycles. The fourth-order valence-electron chi connectivity index (χ4n) is 1.68. The van der Waals surface area contributed by atoms with Crippen molar-refractivity contribution in [1.29, 1.82) is 0 Å². The van der Waals surface area contributed by atoms with Crippen LogP contribution in [0.15, 0.2) is 30.3 Å². The Kier molecular flexibility index (Phi) is 6.81. The Balaban J connectivity index is 2.41. The van der Waals surface area contributed by atoms with Crippen molar-refractivity contribution in [3.8, 4) is 0 Å². The summed E-state index contributed by atoms with van der Waals surface area (Å²) in [6, 6.07) is 7.96. The normalized spacial score (nSPS) is 12.4. The molecule has 110 valence electrons. The van der Waals surface area contributed by atoms with E-state index in [9.17, 15) is 9.90 Å². The van der Waals surface area contributed by atoms with E-state index in [0.29, 0.717) is 19.4 Å². The van der Waals surface area contributed by atoms with Crippen molar-refractivity contribution in [3.63, 3.8) is 0 Å². The lowest BCUT2D eigenvalue weighted by Crippen LogP contribution is -2.25. The van der Waals surface area contributed by atoms with E-state index in [0.717, 1.165) is 11.3 Å². The zero-order valence-corrected chi connectivity index (χ0v) is 12.5. The fourth-order valence-corrected chi connectivity index (χ4v) is 1.68. The second-order valence-corrected chi connectivity index (χ2v) is 4.96. The first-order chi connectivity index (χ1) is 9.52. The summed E-state index contributed by atoms with van der Waals surface area (Å²) in [6.45, 7) is 2.42. The Morgan fingerprint density at radius 1 is 1.35 bits per heavy atom. The van der Waals surface area contributed by atoms with Crippen LogP contribution in [0.5, 0.6) is 0 Å². The molecular formula is C16H24N2O2. The van der Waals surface area contributed by atoms with Crippen LogP contribution in [0.1, 0.15) is 25.3 Å². The quantitative estimate of drug-likeness (QED) is 0.749. The van der Waals surface area contributed by atoms with Gasteiger partial charge in [-0.05, 0) is 36.6 Å². The maximum atomic E-state index is 11.6. The smallest absolute Gasteiger partial charge is 0.244 e. The highest BCUT2D eigenvalue weighted by atomic mass is 16.3. The maximum absolute atomic E-state index is 11.6. The predicted molar refractivity (Wildman–Crippen MR) is 83.7 cm³/mol. The van der Waals surface area contributed by atoms with Crippen LogP contribution in [0.25, 0.3) is 6.08 Å². The number of hydrogen-bond donors (Lipinski definition) is 2. The van der Waals surface area contributed by atoms with Crippen molar-refractivity contribution in [2.24, 2.45) is 0 Å². The average Bonchev–Trinajstić information content (AvgIpc) is 2.45. The summed E-state index contributed by atoms with van der Waals surface area (Å²) in [5.41, 5.74) is 2.11. The van der Waals surface area contributed by atoms with E-state index in [4.69, 9.17) is 0 Å². The number of carbonyl (C=O) groups is 1. The molecule has 0 radical (unpaired) electrons. The van der Waals surface area contributed by atoms with Gasteiger partial charge in [-0.2, -0.15) is 0 Å². The monoisotopic (exact) mass is 276 g/mol. The second-order valence-electron chi connectivity index (χ2n) is 4.96. The SMILES string of the molecule is CCC(O)CCNC(=O)/C=C/c1ccc(N(C)C)cc1. The fraction of sp³-hybridized carbons (Fsp3) is 0.438. The van der Waals surface area contributed by atoms with Gasteiger partial charge in [-0.1, -0.05) is 19.1 Å². The van der Waals surface area contributed by atoms with Gasteiger partial charge in [0, 0.05) is 32.4 Å². The molecule has 0 aliphatic rings. The summed E-state index contributed by atoms with van der Waals surface area (Å²) in [5, 5.41) is 12.1. The van der Waals surface area contributed by atoms with Gasteiger partial charge in [0.2, 0.25) is 5.91 Å². The minimum absolute atomic E-state index is 0.134. The molecule has 20 heavy (non-hydrogen) atoms. The third-order valence-corrected chi connectivity index (χ3v) is 3.08. The largest absolute Gasteiger partial charge is 0.393 e. The Hall–Kier alpha value is -1.81. The van der Waals surface area contributed by atoms with Gasteiger partial charge in [0.15, 0.2) is 0 Å². The Morgan fingerprint density at radius 2 is 2.00 bits per heavy atom. The first kappa shape index (κ1) is 16.2. The van der Waals surface area contributed by atoms with E-state index in [1.165, 1.54) is 6.08 Å². The standard InChI is InChI=1S/C16H24N2O2/c1-4-15(19)11-12-17-16(20)10-7-13-5-8-14(9-6-13)18(2)3/h5-10,15,19H,4,11-12H2,1-3H3,(H,17,20)/b10-7+. The van der Waals surface area contributed by atoms with Crippen LogP contribution in [0, 0.1) is 0 Å². The summed E-state index contributed by atoms with van der Waals surface area (Å²) in [6.07, 6.45) is 4.27. The second kappa shape index (κ2) is 8.38. The third kappa shape index (κ3) is 5.89. The number of hydrogen-bond acceptors (Lipinski definition) is 3. The molecule has 0 heterocycles. The molecule has 0 spiro atoms. The zero-order valence-electron chi connectivity index (χ0n) is 12.5. The number of benzene rings is 1. The molecule has 0 bridgehead atoms. The van der Waals surface area contributed by atoms with Crippen molar-refractivity contribution in [2.45, 2.75) is 25.9 Å². The van der Waals surface area contributed by atoms with Gasteiger partial charge < -0.3 is 15.3 Å². The van der Waals surface area contributed by atoms with Crippen LogP contribution in [0.2, 0.25) is 0 Å². The van der Waals surface area contributed by atoms with E-state index in [2.05, 4.69) is 5.32 Å². The van der Waals surface area contributed by atoms with Gasteiger partial charge in [-0.15, -0.1) is 0 Å². The van der Waals surface area contributed by atoms with Crippen molar-refractivity contribution >= 4 is 17.7 Å². The van der Waals surface area contributed by atoms with E-state index < -0.39 is 0 Å². The third-order valence-electron chi connectivity index (χ3n) is 3.08. The molecule has 2 N–H and O–H groups in total. The first-order valence-electron chi connectivity index (χ1n) is 6.94. The summed E-state index contributed by atoms with van der Waals surface area (Å²) >= 11 is 0. The molecular weight excluding hydrogens is 252 g/mol. The Morgan fingerprint density at radius 3 is 2.55 bits per heavy atom. The van der Waals surface area contributed by atoms with Crippen LogP contribution in [0.3, 0.4) is 0 Å². The Bertz CT molecular complexity index is 438. The summed E-state index contributed by atoms with van der Waals surface area (Å²) in [4.78, 5) is 13.6. The van der Waals surface area contributed by atoms with Crippen LogP contribution in [-0.4, -0.2) is 37.8 Å². The summed E-state index contributed by atoms with van der Waals surface area (Å²) in [5.74, 6) is -0.134. The van der Waals surface area contributed by atoms with Crippen LogP contribution in [-0.2, 0) is 4.79 Å². The molecule has 0 fully saturated rings. The van der Waals surface area contributed by atoms with Gasteiger partial charge in [-0.25, -0.2) is 0 Å². The summed E-state index contributed by atoms with van der Waals surface area (Å²) < 4.78 is 0. The van der Waals surface area contributed by atoms with E-state index in [1.54, 1.807) is 6.08 Å². The zero-order chi connectivity index (χ0) is 15.0. The molecule has 4 nitrogen and oxygen atoms in total. The molecule has 1 amide bonds. The van der Waals surface area contributed by atoms with Crippen LogP contribution < -0.4 is 10.2 Å². The van der Waals surface area contributed by atoms with Gasteiger partial charge in [0.05, 0.1) is 6.10 Å². The minimum atomic E-state index is -0.335. The lowest BCUT2D eigenvalue weighted by Gasteiger charge is -2.11. The van der Waals surface area contributed by atoms with Crippen molar-refractivity contribution in [3.05, 3.63) is 35.9 Å². The molecule has 0 saturated heterocycles. The highest BCUT2D eigenvalue weighted by Crippen LogP contribution is 2.12. The van der Waals surface area contributed by atoms with E-state index >= 15 is 0 Å². The minimum Gasteiger partial charge on any atom is -0.393 e. The molecule has 1 atom stereocenters. The highest BCUT2D eigenvalue weighted by Gasteiger charge is 2.01. The van der Waals surface area contributed by atoms with E-state index in [1.807, 2.05) is 50.2 Å². The number of nitrogens with zero attached hydrogens (tertiary/aromatic N) is 1. The molecule has 0 aromatic heterocycles. The average molecular weight is 276 g/mol. The lowest BCUT2D eigenvalue weighted by molar-refractivity contribution is -0.116. The molecule has 1 rings (SSSR count). The van der Waals surface area contributed by atoms with Gasteiger partial charge in [0.25, 0.3) is 0 Å². The molecule has 0 saturated carbocycles. The van der Waals surface area contributed by atoms with Gasteiger partial charge >= 0.3 is 0 Å². The van der Waals surface area contributed by atoms with Crippen molar-refractivity contribution in [1.82, 2.24) is 5.32 Å². The topological polar surface area (TPSA) is 52.6 Å². The molecule has 1 aromatic rings. The number of nitrogens with one attached hydrogen (secondary N) is 1. The Labute approximate surface area is 121 Å². The first-order valence-corrected chi connectivity index (χ1v) is 6.94. The molecule has 0 aliphatic carbocycles. The van der Waals surface area contributed by atoms with Gasteiger partial charge in [-0.3, -0.25) is 4.79 Å². The maximum Gasteiger partial charge on any atom is 0.244 e. The number of anilines is 1. The number of rotatable bonds is 7. The highest BCUT2D eigenvalue weighted by molar-refractivity contribution is 5.91.